The molecule has 1 aliphatic carbocycles. The predicted molar refractivity (Wildman–Crippen MR) is 83.9 cm³/mol. The summed E-state index contributed by atoms with van der Waals surface area (Å²) in [6.07, 6.45) is 4.53. The molecule has 1 saturated carbocycles. The SMILES string of the molecule is CC(C(=O)Nc1cc(N)ccc1F)S(=O)CC1CCCC1. The highest BCUT2D eigenvalue weighted by Gasteiger charge is 2.25. The lowest BCUT2D eigenvalue weighted by molar-refractivity contribution is -0.115. The Morgan fingerprint density at radius 1 is 1.48 bits per heavy atom. The van der Waals surface area contributed by atoms with Crippen LogP contribution < -0.4 is 11.1 Å². The molecular formula is C15H21FN2O2S. The molecule has 1 aliphatic rings. The fourth-order valence-electron chi connectivity index (χ4n) is 2.55. The summed E-state index contributed by atoms with van der Waals surface area (Å²) in [6.45, 7) is 1.62. The van der Waals surface area contributed by atoms with Gasteiger partial charge in [-0.1, -0.05) is 12.8 Å². The van der Waals surface area contributed by atoms with Gasteiger partial charge in [-0.25, -0.2) is 4.39 Å². The van der Waals surface area contributed by atoms with E-state index in [-0.39, 0.29) is 5.69 Å². The Balaban J connectivity index is 1.95. The van der Waals surface area contributed by atoms with Gasteiger partial charge >= 0.3 is 0 Å². The Labute approximate surface area is 126 Å². The number of nitrogen functional groups attached to an aromatic ring is 1. The lowest BCUT2D eigenvalue weighted by atomic mass is 10.1. The molecular weight excluding hydrogens is 291 g/mol. The zero-order valence-corrected chi connectivity index (χ0v) is 12.9. The van der Waals surface area contributed by atoms with Crippen LogP contribution in [0.4, 0.5) is 15.8 Å². The first-order valence-corrected chi connectivity index (χ1v) is 8.58. The summed E-state index contributed by atoms with van der Waals surface area (Å²) in [5, 5.41) is 1.81. The molecule has 0 radical (unpaired) electrons. The molecule has 0 bridgehead atoms. The van der Waals surface area contributed by atoms with E-state index < -0.39 is 27.8 Å². The minimum absolute atomic E-state index is 0.0321. The maximum atomic E-state index is 13.6. The van der Waals surface area contributed by atoms with Gasteiger partial charge in [0.05, 0.1) is 5.69 Å². The highest BCUT2D eigenvalue weighted by Crippen LogP contribution is 2.26. The van der Waals surface area contributed by atoms with E-state index in [1.54, 1.807) is 6.92 Å². The van der Waals surface area contributed by atoms with Crippen LogP contribution in [-0.4, -0.2) is 21.1 Å². The van der Waals surface area contributed by atoms with E-state index in [0.29, 0.717) is 17.4 Å². The number of nitrogens with two attached hydrogens (primary N) is 1. The third kappa shape index (κ3) is 4.27. The van der Waals surface area contributed by atoms with E-state index in [2.05, 4.69) is 5.32 Å². The molecule has 0 aromatic heterocycles. The normalized spacial score (nSPS) is 18.4. The summed E-state index contributed by atoms with van der Waals surface area (Å²) in [5.74, 6) is 0.0147. The van der Waals surface area contributed by atoms with Gasteiger partial charge in [0.1, 0.15) is 11.1 Å². The molecule has 116 valence electrons. The number of anilines is 2. The monoisotopic (exact) mass is 312 g/mol. The molecule has 2 unspecified atom stereocenters. The van der Waals surface area contributed by atoms with E-state index in [4.69, 9.17) is 5.73 Å². The van der Waals surface area contributed by atoms with E-state index >= 15 is 0 Å². The van der Waals surface area contributed by atoms with Crippen molar-refractivity contribution < 1.29 is 13.4 Å². The second-order valence-corrected chi connectivity index (χ2v) is 7.37. The molecule has 1 aromatic rings. The molecule has 1 amide bonds. The predicted octanol–water partition coefficient (Wildman–Crippen LogP) is 2.67. The maximum Gasteiger partial charge on any atom is 0.239 e. The van der Waals surface area contributed by atoms with E-state index in [9.17, 15) is 13.4 Å². The van der Waals surface area contributed by atoms with Gasteiger partial charge in [0.2, 0.25) is 5.91 Å². The van der Waals surface area contributed by atoms with E-state index in [0.717, 1.165) is 12.8 Å². The fourth-order valence-corrected chi connectivity index (χ4v) is 3.93. The third-order valence-corrected chi connectivity index (χ3v) is 5.69. The standard InChI is InChI=1S/C15H21FN2O2S/c1-10(21(20)9-11-4-2-3-5-11)15(19)18-14-8-12(17)6-7-13(14)16/h6-8,10-11H,2-5,9,17H2,1H3,(H,18,19). The molecule has 6 heteroatoms. The van der Waals surface area contributed by atoms with Gasteiger partial charge in [0.25, 0.3) is 0 Å². The second-order valence-electron chi connectivity index (χ2n) is 5.57. The van der Waals surface area contributed by atoms with Gasteiger partial charge in [0, 0.05) is 22.2 Å². The summed E-state index contributed by atoms with van der Waals surface area (Å²) in [7, 11) is -1.24. The lowest BCUT2D eigenvalue weighted by Gasteiger charge is -2.15. The quantitative estimate of drug-likeness (QED) is 0.821. The number of nitrogens with one attached hydrogen (secondary N) is 1. The number of hydrogen-bond acceptors (Lipinski definition) is 3. The van der Waals surface area contributed by atoms with Crippen LogP contribution in [0.3, 0.4) is 0 Å². The first-order valence-electron chi connectivity index (χ1n) is 7.20. The minimum atomic E-state index is -1.24. The zero-order chi connectivity index (χ0) is 15.4. The number of hydrogen-bond donors (Lipinski definition) is 2. The summed E-state index contributed by atoms with van der Waals surface area (Å²) in [5.41, 5.74) is 5.97. The number of halogens is 1. The van der Waals surface area contributed by atoms with Crippen molar-refractivity contribution >= 4 is 28.1 Å². The van der Waals surface area contributed by atoms with Crippen LogP contribution in [-0.2, 0) is 15.6 Å². The van der Waals surface area contributed by atoms with Crippen LogP contribution >= 0.6 is 0 Å². The van der Waals surface area contributed by atoms with Gasteiger partial charge in [-0.05, 0) is 43.9 Å². The first kappa shape index (κ1) is 15.9. The molecule has 4 nitrogen and oxygen atoms in total. The van der Waals surface area contributed by atoms with Crippen molar-refractivity contribution in [2.45, 2.75) is 37.9 Å². The zero-order valence-electron chi connectivity index (χ0n) is 12.1. The van der Waals surface area contributed by atoms with Crippen molar-refractivity contribution in [3.05, 3.63) is 24.0 Å². The third-order valence-electron chi connectivity index (χ3n) is 3.89. The molecule has 1 aromatic carbocycles. The van der Waals surface area contributed by atoms with Gasteiger partial charge in [-0.3, -0.25) is 9.00 Å². The highest BCUT2D eigenvalue weighted by atomic mass is 32.2. The van der Waals surface area contributed by atoms with Crippen molar-refractivity contribution in [1.29, 1.82) is 0 Å². The maximum absolute atomic E-state index is 13.6. The van der Waals surface area contributed by atoms with Crippen LogP contribution in [0.25, 0.3) is 0 Å². The Bertz CT molecular complexity index is 544. The summed E-state index contributed by atoms with van der Waals surface area (Å²) >= 11 is 0. The molecule has 21 heavy (non-hydrogen) atoms. The Kier molecular flexibility index (Phi) is 5.33. The molecule has 0 aliphatic heterocycles. The molecule has 2 rings (SSSR count). The van der Waals surface area contributed by atoms with Gasteiger partial charge < -0.3 is 11.1 Å². The number of carbonyl (C=O) groups excluding carboxylic acids is 1. The summed E-state index contributed by atoms with van der Waals surface area (Å²) in [6, 6.07) is 3.98. The molecule has 1 fully saturated rings. The average Bonchev–Trinajstić information content (AvgIpc) is 2.94. The average molecular weight is 312 g/mol. The Hall–Kier alpha value is -1.43. The van der Waals surface area contributed by atoms with Crippen molar-refractivity contribution in [2.75, 3.05) is 16.8 Å². The van der Waals surface area contributed by atoms with E-state index in [1.807, 2.05) is 0 Å². The van der Waals surface area contributed by atoms with Gasteiger partial charge in [-0.15, -0.1) is 0 Å². The van der Waals surface area contributed by atoms with Crippen molar-refractivity contribution in [3.8, 4) is 0 Å². The summed E-state index contributed by atoms with van der Waals surface area (Å²) < 4.78 is 25.8. The Morgan fingerprint density at radius 3 is 2.81 bits per heavy atom. The second kappa shape index (κ2) is 7.02. The molecule has 2 atom stereocenters. The lowest BCUT2D eigenvalue weighted by Crippen LogP contribution is -2.31. The fraction of sp³-hybridized carbons (Fsp3) is 0.533. The minimum Gasteiger partial charge on any atom is -0.399 e. The number of amides is 1. The van der Waals surface area contributed by atoms with Crippen LogP contribution in [0.1, 0.15) is 32.6 Å². The van der Waals surface area contributed by atoms with Gasteiger partial charge in [0.15, 0.2) is 0 Å². The van der Waals surface area contributed by atoms with Crippen molar-refractivity contribution in [2.24, 2.45) is 5.92 Å². The number of benzene rings is 1. The van der Waals surface area contributed by atoms with Crippen molar-refractivity contribution in [3.63, 3.8) is 0 Å². The van der Waals surface area contributed by atoms with Crippen LogP contribution in [0.5, 0.6) is 0 Å². The molecule has 3 N–H and O–H groups in total. The summed E-state index contributed by atoms with van der Waals surface area (Å²) in [4.78, 5) is 12.1. The van der Waals surface area contributed by atoms with Crippen molar-refractivity contribution in [1.82, 2.24) is 0 Å². The molecule has 0 heterocycles. The molecule has 0 saturated heterocycles. The molecule has 0 spiro atoms. The topological polar surface area (TPSA) is 72.2 Å². The first-order chi connectivity index (χ1) is 9.97. The highest BCUT2D eigenvalue weighted by molar-refractivity contribution is 7.86. The Morgan fingerprint density at radius 2 is 2.14 bits per heavy atom. The largest absolute Gasteiger partial charge is 0.399 e. The van der Waals surface area contributed by atoms with Crippen LogP contribution in [0, 0.1) is 11.7 Å². The number of rotatable bonds is 5. The number of carbonyl (C=O) groups is 1. The van der Waals surface area contributed by atoms with E-state index in [1.165, 1.54) is 31.0 Å². The van der Waals surface area contributed by atoms with Crippen LogP contribution in [0.15, 0.2) is 18.2 Å². The van der Waals surface area contributed by atoms with Crippen LogP contribution in [0.2, 0.25) is 0 Å². The van der Waals surface area contributed by atoms with Gasteiger partial charge in [-0.2, -0.15) is 0 Å². The smallest absolute Gasteiger partial charge is 0.239 e.